The Morgan fingerprint density at radius 1 is 1.38 bits per heavy atom. The molecule has 2 heterocycles. The van der Waals surface area contributed by atoms with Gasteiger partial charge in [-0.2, -0.15) is 0 Å². The van der Waals surface area contributed by atoms with Crippen LogP contribution in [0.15, 0.2) is 18.2 Å². The van der Waals surface area contributed by atoms with Crippen molar-refractivity contribution < 1.29 is 9.59 Å². The zero-order valence-corrected chi connectivity index (χ0v) is 13.0. The Labute approximate surface area is 130 Å². The van der Waals surface area contributed by atoms with Gasteiger partial charge in [0.05, 0.1) is 5.69 Å². The number of amides is 2. The average Bonchev–Trinajstić information content (AvgIpc) is 2.77. The van der Waals surface area contributed by atoms with Crippen LogP contribution in [0.5, 0.6) is 0 Å². The molecule has 2 aromatic rings. The Balaban J connectivity index is 1.95. The molecule has 1 saturated heterocycles. The van der Waals surface area contributed by atoms with E-state index in [0.29, 0.717) is 28.7 Å². The first-order valence-corrected chi connectivity index (χ1v) is 7.67. The molecule has 2 amide bonds. The van der Waals surface area contributed by atoms with Gasteiger partial charge in [-0.1, -0.05) is 11.6 Å². The van der Waals surface area contributed by atoms with Crippen LogP contribution in [-0.2, 0) is 4.79 Å². The lowest BCUT2D eigenvalue weighted by molar-refractivity contribution is -0.133. The fourth-order valence-electron chi connectivity index (χ4n) is 2.32. The van der Waals surface area contributed by atoms with Gasteiger partial charge in [-0.15, -0.1) is 11.3 Å². The van der Waals surface area contributed by atoms with E-state index in [9.17, 15) is 9.59 Å². The minimum Gasteiger partial charge on any atom is -0.397 e. The molecule has 1 aromatic heterocycles. The van der Waals surface area contributed by atoms with Crippen molar-refractivity contribution in [1.29, 1.82) is 0 Å². The predicted octanol–water partition coefficient (Wildman–Crippen LogP) is 2.05. The van der Waals surface area contributed by atoms with E-state index in [-0.39, 0.29) is 18.4 Å². The summed E-state index contributed by atoms with van der Waals surface area (Å²) in [5, 5.41) is 1.44. The molecule has 21 heavy (non-hydrogen) atoms. The van der Waals surface area contributed by atoms with Crippen molar-refractivity contribution in [3.05, 3.63) is 28.1 Å². The molecular formula is C14H14ClN3O2S. The first-order valence-electron chi connectivity index (χ1n) is 6.48. The van der Waals surface area contributed by atoms with Crippen LogP contribution in [0.2, 0.25) is 5.02 Å². The molecule has 0 saturated carbocycles. The van der Waals surface area contributed by atoms with Crippen LogP contribution >= 0.6 is 22.9 Å². The number of piperazine rings is 1. The minimum absolute atomic E-state index is 0.0580. The highest BCUT2D eigenvalue weighted by molar-refractivity contribution is 7.21. The number of nitrogens with two attached hydrogens (primary N) is 1. The summed E-state index contributed by atoms with van der Waals surface area (Å²) >= 11 is 7.28. The maximum Gasteiger partial charge on any atom is 0.266 e. The Kier molecular flexibility index (Phi) is 3.51. The number of thiophene rings is 1. The molecule has 1 aromatic carbocycles. The van der Waals surface area contributed by atoms with E-state index in [1.54, 1.807) is 29.0 Å². The normalized spacial score (nSPS) is 15.8. The molecule has 2 N–H and O–H groups in total. The summed E-state index contributed by atoms with van der Waals surface area (Å²) in [5.41, 5.74) is 6.54. The van der Waals surface area contributed by atoms with E-state index < -0.39 is 0 Å². The van der Waals surface area contributed by atoms with Gasteiger partial charge in [-0.05, 0) is 18.2 Å². The van der Waals surface area contributed by atoms with Crippen LogP contribution in [0.3, 0.4) is 0 Å². The van der Waals surface area contributed by atoms with Gasteiger partial charge in [-0.25, -0.2) is 0 Å². The Morgan fingerprint density at radius 3 is 2.86 bits per heavy atom. The molecule has 0 unspecified atom stereocenters. The first-order chi connectivity index (χ1) is 9.97. The summed E-state index contributed by atoms with van der Waals surface area (Å²) < 4.78 is 0.879. The summed E-state index contributed by atoms with van der Waals surface area (Å²) in [7, 11) is 1.74. The van der Waals surface area contributed by atoms with E-state index in [2.05, 4.69) is 0 Å². The number of benzene rings is 1. The van der Waals surface area contributed by atoms with Crippen LogP contribution in [-0.4, -0.2) is 48.3 Å². The molecule has 1 aliphatic rings. The quantitative estimate of drug-likeness (QED) is 0.873. The number of hydrogen-bond donors (Lipinski definition) is 1. The summed E-state index contributed by atoms with van der Waals surface area (Å²) in [6, 6.07) is 5.36. The summed E-state index contributed by atoms with van der Waals surface area (Å²) in [5.74, 6) is -0.247. The number of carbonyl (C=O) groups excluding carboxylic acids is 2. The molecule has 7 heteroatoms. The summed E-state index contributed by atoms with van der Waals surface area (Å²) in [6.45, 7) is 1.17. The SMILES string of the molecule is CN1CCN(C(=O)c2sc3cc(Cl)ccc3c2N)CC1=O. The highest BCUT2D eigenvalue weighted by atomic mass is 35.5. The number of halogens is 1. The molecule has 0 spiro atoms. The van der Waals surface area contributed by atoms with Gasteiger partial charge < -0.3 is 15.5 Å². The van der Waals surface area contributed by atoms with Gasteiger partial charge in [0.15, 0.2) is 0 Å². The Hall–Kier alpha value is -1.79. The zero-order chi connectivity index (χ0) is 15.1. The minimum atomic E-state index is -0.189. The largest absolute Gasteiger partial charge is 0.397 e. The molecule has 110 valence electrons. The standard InChI is InChI=1S/C14H14ClN3O2S/c1-17-4-5-18(7-11(17)19)14(20)13-12(16)9-3-2-8(15)6-10(9)21-13/h2-3,6H,4-5,7,16H2,1H3. The van der Waals surface area contributed by atoms with Crippen LogP contribution in [0.4, 0.5) is 5.69 Å². The Morgan fingerprint density at radius 2 is 2.14 bits per heavy atom. The highest BCUT2D eigenvalue weighted by Crippen LogP contribution is 2.36. The molecule has 1 fully saturated rings. The van der Waals surface area contributed by atoms with Gasteiger partial charge in [0.25, 0.3) is 5.91 Å². The zero-order valence-electron chi connectivity index (χ0n) is 11.4. The van der Waals surface area contributed by atoms with Crippen LogP contribution < -0.4 is 5.73 Å². The monoisotopic (exact) mass is 323 g/mol. The number of anilines is 1. The second-order valence-electron chi connectivity index (χ2n) is 5.03. The fourth-order valence-corrected chi connectivity index (χ4v) is 3.69. The number of rotatable bonds is 1. The van der Waals surface area contributed by atoms with Crippen molar-refractivity contribution in [2.24, 2.45) is 0 Å². The number of fused-ring (bicyclic) bond motifs is 1. The maximum absolute atomic E-state index is 12.6. The third-order valence-electron chi connectivity index (χ3n) is 3.63. The lowest BCUT2D eigenvalue weighted by Crippen LogP contribution is -2.50. The van der Waals surface area contributed by atoms with Gasteiger partial charge in [-0.3, -0.25) is 9.59 Å². The number of hydrogen-bond acceptors (Lipinski definition) is 4. The van der Waals surface area contributed by atoms with Crippen molar-refractivity contribution in [2.45, 2.75) is 0 Å². The third kappa shape index (κ3) is 2.45. The van der Waals surface area contributed by atoms with Gasteiger partial charge in [0, 0.05) is 35.2 Å². The smallest absolute Gasteiger partial charge is 0.266 e. The molecule has 0 bridgehead atoms. The van der Waals surface area contributed by atoms with E-state index in [4.69, 9.17) is 17.3 Å². The lowest BCUT2D eigenvalue weighted by Gasteiger charge is -2.31. The van der Waals surface area contributed by atoms with Gasteiger partial charge >= 0.3 is 0 Å². The number of nitrogens with zero attached hydrogens (tertiary/aromatic N) is 2. The van der Waals surface area contributed by atoms with Crippen LogP contribution in [0.25, 0.3) is 10.1 Å². The van der Waals surface area contributed by atoms with E-state index in [1.807, 2.05) is 6.07 Å². The van der Waals surface area contributed by atoms with Crippen molar-refractivity contribution in [3.8, 4) is 0 Å². The second kappa shape index (κ2) is 5.20. The molecular weight excluding hydrogens is 310 g/mol. The number of likely N-dealkylation sites (N-methyl/N-ethyl adjacent to an activating group) is 1. The summed E-state index contributed by atoms with van der Waals surface area (Å²) in [6.07, 6.45) is 0. The number of nitrogen functional groups attached to an aromatic ring is 1. The third-order valence-corrected chi connectivity index (χ3v) is 5.02. The highest BCUT2D eigenvalue weighted by Gasteiger charge is 2.28. The maximum atomic E-state index is 12.6. The summed E-state index contributed by atoms with van der Waals surface area (Å²) in [4.78, 5) is 28.0. The lowest BCUT2D eigenvalue weighted by atomic mass is 10.2. The Bertz CT molecular complexity index is 743. The number of carbonyl (C=O) groups is 2. The van der Waals surface area contributed by atoms with E-state index in [1.165, 1.54) is 11.3 Å². The van der Waals surface area contributed by atoms with E-state index >= 15 is 0 Å². The molecule has 0 atom stereocenters. The van der Waals surface area contributed by atoms with E-state index in [0.717, 1.165) is 10.1 Å². The van der Waals surface area contributed by atoms with Crippen molar-refractivity contribution in [1.82, 2.24) is 9.80 Å². The molecule has 0 radical (unpaired) electrons. The second-order valence-corrected chi connectivity index (χ2v) is 6.52. The predicted molar refractivity (Wildman–Crippen MR) is 84.8 cm³/mol. The topological polar surface area (TPSA) is 66.6 Å². The van der Waals surface area contributed by atoms with Crippen molar-refractivity contribution >= 4 is 50.5 Å². The van der Waals surface area contributed by atoms with Crippen molar-refractivity contribution in [2.75, 3.05) is 32.4 Å². The molecule has 3 rings (SSSR count). The van der Waals surface area contributed by atoms with Gasteiger partial charge in [0.2, 0.25) is 5.91 Å². The molecule has 1 aliphatic heterocycles. The van der Waals surface area contributed by atoms with Gasteiger partial charge in [0.1, 0.15) is 11.4 Å². The molecule has 0 aliphatic carbocycles. The first kappa shape index (κ1) is 14.2. The van der Waals surface area contributed by atoms with Crippen LogP contribution in [0, 0.1) is 0 Å². The fraction of sp³-hybridized carbons (Fsp3) is 0.286. The van der Waals surface area contributed by atoms with Crippen LogP contribution in [0.1, 0.15) is 9.67 Å². The molecule has 5 nitrogen and oxygen atoms in total. The average molecular weight is 324 g/mol. The van der Waals surface area contributed by atoms with Crippen molar-refractivity contribution in [3.63, 3.8) is 0 Å².